The predicted octanol–water partition coefficient (Wildman–Crippen LogP) is 5.24. The van der Waals surface area contributed by atoms with Gasteiger partial charge < -0.3 is 9.72 Å². The molecule has 0 amide bonds. The van der Waals surface area contributed by atoms with Crippen LogP contribution < -0.4 is 0 Å². The van der Waals surface area contributed by atoms with E-state index in [-0.39, 0.29) is 5.97 Å². The standard InChI is InChI=1S/C23H26N2O2/c1-4-27-22(26)12-8-11-19-17(3)16(2)15-20-23(19)25-21(24-20)14-13-18-9-6-5-7-10-18/h5-7,9-10,13-15H,4,8,11-12H2,1-3H3,(H,24,25)/b14-13+. The summed E-state index contributed by atoms with van der Waals surface area (Å²) in [6, 6.07) is 12.3. The van der Waals surface area contributed by atoms with E-state index in [0.29, 0.717) is 13.0 Å². The van der Waals surface area contributed by atoms with Gasteiger partial charge in [0.15, 0.2) is 0 Å². The summed E-state index contributed by atoms with van der Waals surface area (Å²) in [5.41, 5.74) is 6.86. The number of carbonyl (C=O) groups is 1. The number of aryl methyl sites for hydroxylation is 2. The van der Waals surface area contributed by atoms with Crippen molar-refractivity contribution in [2.24, 2.45) is 0 Å². The molecule has 0 saturated carbocycles. The zero-order chi connectivity index (χ0) is 19.2. The molecule has 0 unspecified atom stereocenters. The number of esters is 1. The number of hydrogen-bond donors (Lipinski definition) is 1. The number of nitrogens with one attached hydrogen (secondary N) is 1. The Labute approximate surface area is 160 Å². The summed E-state index contributed by atoms with van der Waals surface area (Å²) in [5.74, 6) is 0.707. The van der Waals surface area contributed by atoms with Crippen LogP contribution in [0.4, 0.5) is 0 Å². The van der Waals surface area contributed by atoms with E-state index >= 15 is 0 Å². The van der Waals surface area contributed by atoms with Gasteiger partial charge in [-0.15, -0.1) is 0 Å². The molecule has 27 heavy (non-hydrogen) atoms. The SMILES string of the molecule is CCOC(=O)CCCc1c(C)c(C)cc2[nH]c(/C=C/c3ccccc3)nc12. The van der Waals surface area contributed by atoms with Gasteiger partial charge >= 0.3 is 5.97 Å². The topological polar surface area (TPSA) is 55.0 Å². The van der Waals surface area contributed by atoms with E-state index in [2.05, 4.69) is 43.1 Å². The molecule has 3 aromatic rings. The number of carbonyl (C=O) groups excluding carboxylic acids is 1. The Kier molecular flexibility index (Phi) is 6.07. The van der Waals surface area contributed by atoms with E-state index in [9.17, 15) is 4.79 Å². The maximum Gasteiger partial charge on any atom is 0.305 e. The summed E-state index contributed by atoms with van der Waals surface area (Å²) >= 11 is 0. The summed E-state index contributed by atoms with van der Waals surface area (Å²) in [5, 5.41) is 0. The van der Waals surface area contributed by atoms with Crippen molar-refractivity contribution >= 4 is 29.2 Å². The summed E-state index contributed by atoms with van der Waals surface area (Å²) in [7, 11) is 0. The van der Waals surface area contributed by atoms with Gasteiger partial charge in [0.25, 0.3) is 0 Å². The molecule has 0 fully saturated rings. The van der Waals surface area contributed by atoms with Crippen molar-refractivity contribution < 1.29 is 9.53 Å². The van der Waals surface area contributed by atoms with Gasteiger partial charge in [-0.25, -0.2) is 4.98 Å². The number of imidazole rings is 1. The van der Waals surface area contributed by atoms with Gasteiger partial charge in [0.05, 0.1) is 17.6 Å². The lowest BCUT2D eigenvalue weighted by atomic mass is 9.97. The van der Waals surface area contributed by atoms with Gasteiger partial charge in [-0.1, -0.05) is 36.4 Å². The third kappa shape index (κ3) is 4.64. The fourth-order valence-corrected chi connectivity index (χ4v) is 3.25. The Hall–Kier alpha value is -2.88. The highest BCUT2D eigenvalue weighted by atomic mass is 16.5. The number of hydrogen-bond acceptors (Lipinski definition) is 3. The molecule has 1 N–H and O–H groups in total. The smallest absolute Gasteiger partial charge is 0.305 e. The van der Waals surface area contributed by atoms with E-state index in [1.807, 2.05) is 31.2 Å². The average Bonchev–Trinajstić information content (AvgIpc) is 3.06. The average molecular weight is 362 g/mol. The Morgan fingerprint density at radius 3 is 2.70 bits per heavy atom. The number of ether oxygens (including phenoxy) is 1. The number of rotatable bonds is 7. The van der Waals surface area contributed by atoms with E-state index in [4.69, 9.17) is 9.72 Å². The largest absolute Gasteiger partial charge is 0.466 e. The van der Waals surface area contributed by atoms with Crippen molar-refractivity contribution in [2.75, 3.05) is 6.61 Å². The molecule has 0 saturated heterocycles. The molecule has 3 rings (SSSR count). The van der Waals surface area contributed by atoms with Crippen LogP contribution in [0.15, 0.2) is 36.4 Å². The summed E-state index contributed by atoms with van der Waals surface area (Å²) in [6.07, 6.45) is 6.07. The lowest BCUT2D eigenvalue weighted by molar-refractivity contribution is -0.143. The Balaban J connectivity index is 1.84. The van der Waals surface area contributed by atoms with Crippen molar-refractivity contribution in [2.45, 2.75) is 40.0 Å². The molecule has 0 bridgehead atoms. The molecule has 1 aromatic heterocycles. The van der Waals surface area contributed by atoms with Crippen molar-refractivity contribution in [1.29, 1.82) is 0 Å². The van der Waals surface area contributed by atoms with Crippen molar-refractivity contribution in [3.05, 3.63) is 64.5 Å². The molecule has 4 heteroatoms. The van der Waals surface area contributed by atoms with Crippen LogP contribution in [0.5, 0.6) is 0 Å². The number of H-pyrrole nitrogens is 1. The monoisotopic (exact) mass is 362 g/mol. The number of aromatic amines is 1. The van der Waals surface area contributed by atoms with Crippen LogP contribution in [0, 0.1) is 13.8 Å². The van der Waals surface area contributed by atoms with E-state index in [0.717, 1.165) is 35.3 Å². The van der Waals surface area contributed by atoms with Crippen LogP contribution in [0.1, 0.15) is 47.8 Å². The third-order valence-electron chi connectivity index (χ3n) is 4.79. The van der Waals surface area contributed by atoms with E-state index < -0.39 is 0 Å². The highest BCUT2D eigenvalue weighted by Crippen LogP contribution is 2.26. The minimum atomic E-state index is -0.132. The zero-order valence-electron chi connectivity index (χ0n) is 16.2. The normalized spacial score (nSPS) is 11.4. The molecule has 0 aliphatic carbocycles. The lowest BCUT2D eigenvalue weighted by Gasteiger charge is -2.10. The second kappa shape index (κ2) is 8.67. The predicted molar refractivity (Wildman–Crippen MR) is 111 cm³/mol. The van der Waals surface area contributed by atoms with Crippen molar-refractivity contribution in [3.63, 3.8) is 0 Å². The highest BCUT2D eigenvalue weighted by Gasteiger charge is 2.13. The van der Waals surface area contributed by atoms with Crippen LogP contribution in [-0.2, 0) is 16.0 Å². The fourth-order valence-electron chi connectivity index (χ4n) is 3.25. The van der Waals surface area contributed by atoms with Gasteiger partial charge in [-0.2, -0.15) is 0 Å². The third-order valence-corrected chi connectivity index (χ3v) is 4.79. The van der Waals surface area contributed by atoms with E-state index in [1.165, 1.54) is 16.7 Å². The molecule has 0 atom stereocenters. The highest BCUT2D eigenvalue weighted by molar-refractivity contribution is 5.84. The maximum atomic E-state index is 11.6. The second-order valence-electron chi connectivity index (χ2n) is 6.72. The molecule has 1 heterocycles. The number of aromatic nitrogens is 2. The first-order valence-corrected chi connectivity index (χ1v) is 9.46. The molecule has 0 radical (unpaired) electrons. The fraction of sp³-hybridized carbons (Fsp3) is 0.304. The first kappa shape index (κ1) is 18.9. The summed E-state index contributed by atoms with van der Waals surface area (Å²) in [6.45, 7) is 6.51. The molecular formula is C23H26N2O2. The molecule has 4 nitrogen and oxygen atoms in total. The van der Waals surface area contributed by atoms with Crippen LogP contribution >= 0.6 is 0 Å². The first-order valence-electron chi connectivity index (χ1n) is 9.46. The Morgan fingerprint density at radius 1 is 1.19 bits per heavy atom. The molecular weight excluding hydrogens is 336 g/mol. The van der Waals surface area contributed by atoms with Crippen LogP contribution in [0.3, 0.4) is 0 Å². The van der Waals surface area contributed by atoms with E-state index in [1.54, 1.807) is 0 Å². The van der Waals surface area contributed by atoms with Gasteiger partial charge in [-0.05, 0) is 68.0 Å². The lowest BCUT2D eigenvalue weighted by Crippen LogP contribution is -2.05. The van der Waals surface area contributed by atoms with Crippen LogP contribution in [0.2, 0.25) is 0 Å². The molecule has 2 aromatic carbocycles. The van der Waals surface area contributed by atoms with Gasteiger partial charge in [-0.3, -0.25) is 4.79 Å². The second-order valence-corrected chi connectivity index (χ2v) is 6.72. The minimum Gasteiger partial charge on any atom is -0.466 e. The van der Waals surface area contributed by atoms with Crippen LogP contribution in [-0.4, -0.2) is 22.5 Å². The van der Waals surface area contributed by atoms with Crippen molar-refractivity contribution in [1.82, 2.24) is 9.97 Å². The number of fused-ring (bicyclic) bond motifs is 1. The van der Waals surface area contributed by atoms with Crippen molar-refractivity contribution in [3.8, 4) is 0 Å². The number of nitrogens with zero attached hydrogens (tertiary/aromatic N) is 1. The minimum absolute atomic E-state index is 0.132. The first-order chi connectivity index (χ1) is 13.1. The maximum absolute atomic E-state index is 11.6. The quantitative estimate of drug-likeness (QED) is 0.585. The van der Waals surface area contributed by atoms with Gasteiger partial charge in [0, 0.05) is 6.42 Å². The molecule has 140 valence electrons. The molecule has 0 spiro atoms. The Morgan fingerprint density at radius 2 is 1.96 bits per heavy atom. The molecule has 0 aliphatic heterocycles. The summed E-state index contributed by atoms with van der Waals surface area (Å²) < 4.78 is 5.03. The molecule has 0 aliphatic rings. The number of benzene rings is 2. The van der Waals surface area contributed by atoms with Gasteiger partial charge in [0.1, 0.15) is 5.82 Å². The van der Waals surface area contributed by atoms with Gasteiger partial charge in [0.2, 0.25) is 0 Å². The van der Waals surface area contributed by atoms with Crippen LogP contribution in [0.25, 0.3) is 23.2 Å². The zero-order valence-corrected chi connectivity index (χ0v) is 16.2. The Bertz CT molecular complexity index is 955. The summed E-state index contributed by atoms with van der Waals surface area (Å²) in [4.78, 5) is 19.8.